The van der Waals surface area contributed by atoms with Gasteiger partial charge in [-0.1, -0.05) is 6.08 Å². The zero-order valence-electron chi connectivity index (χ0n) is 8.11. The third-order valence-electron chi connectivity index (χ3n) is 1.82. The van der Waals surface area contributed by atoms with E-state index in [1.54, 1.807) is 12.3 Å². The van der Waals surface area contributed by atoms with E-state index in [9.17, 15) is 9.59 Å². The van der Waals surface area contributed by atoms with Gasteiger partial charge in [0, 0.05) is 12.4 Å². The molecule has 4 nitrogen and oxygen atoms in total. The molecule has 1 heterocycles. The molecule has 0 saturated carbocycles. The summed E-state index contributed by atoms with van der Waals surface area (Å²) in [6.45, 7) is 1.34. The number of methoxy groups -OCH3 is 1. The highest BCUT2D eigenvalue weighted by atomic mass is 16.5. The van der Waals surface area contributed by atoms with Crippen LogP contribution in [-0.4, -0.2) is 25.1 Å². The van der Waals surface area contributed by atoms with E-state index in [1.165, 1.54) is 20.2 Å². The Morgan fingerprint density at radius 1 is 1.50 bits per heavy atom. The zero-order valence-corrected chi connectivity index (χ0v) is 8.11. The molecule has 1 aliphatic rings. The molecular formula is C10H11NO3. The minimum absolute atomic E-state index is 0.0839. The van der Waals surface area contributed by atoms with Gasteiger partial charge in [-0.05, 0) is 18.9 Å². The van der Waals surface area contributed by atoms with E-state index in [1.807, 2.05) is 0 Å². The van der Waals surface area contributed by atoms with Crippen molar-refractivity contribution < 1.29 is 14.3 Å². The highest BCUT2D eigenvalue weighted by molar-refractivity contribution is 6.20. The molecule has 0 spiro atoms. The Kier molecular flexibility index (Phi) is 3.34. The Labute approximate surface area is 82.0 Å². The average molecular weight is 193 g/mol. The molecule has 0 aromatic rings. The molecule has 0 N–H and O–H groups in total. The molecule has 0 bridgehead atoms. The van der Waals surface area contributed by atoms with Gasteiger partial charge in [-0.2, -0.15) is 0 Å². The second kappa shape index (κ2) is 4.50. The summed E-state index contributed by atoms with van der Waals surface area (Å²) in [4.78, 5) is 26.3. The Morgan fingerprint density at radius 2 is 2.21 bits per heavy atom. The van der Waals surface area contributed by atoms with Crippen LogP contribution in [0.1, 0.15) is 13.3 Å². The summed E-state index contributed by atoms with van der Waals surface area (Å²) in [6.07, 6.45) is 5.45. The summed E-state index contributed by atoms with van der Waals surface area (Å²) in [7, 11) is 1.25. The first-order valence-corrected chi connectivity index (χ1v) is 4.17. The van der Waals surface area contributed by atoms with Gasteiger partial charge in [0.1, 0.15) is 5.57 Å². The molecule has 1 aliphatic heterocycles. The number of Topliss-reactive ketones (excluding diaryl/α,β-unsaturated/α-hetero) is 1. The summed E-state index contributed by atoms with van der Waals surface area (Å²) in [5, 5.41) is 0. The highest BCUT2D eigenvalue weighted by Crippen LogP contribution is 2.13. The van der Waals surface area contributed by atoms with E-state index in [0.717, 1.165) is 0 Å². The van der Waals surface area contributed by atoms with Crippen LogP contribution in [0.25, 0.3) is 0 Å². The predicted octanol–water partition coefficient (Wildman–Crippen LogP) is 1.03. The Hall–Kier alpha value is -1.71. The van der Waals surface area contributed by atoms with Gasteiger partial charge in [0.2, 0.25) is 0 Å². The van der Waals surface area contributed by atoms with E-state index in [-0.39, 0.29) is 11.4 Å². The first kappa shape index (κ1) is 10.4. The average Bonchev–Trinajstić information content (AvgIpc) is 2.19. The number of carbonyl (C=O) groups is 2. The lowest BCUT2D eigenvalue weighted by atomic mass is 10.0. The van der Waals surface area contributed by atoms with Gasteiger partial charge >= 0.3 is 5.97 Å². The number of hydrogen-bond acceptors (Lipinski definition) is 4. The Bertz CT molecular complexity index is 350. The van der Waals surface area contributed by atoms with E-state index < -0.39 is 5.97 Å². The number of rotatable bonds is 2. The predicted molar refractivity (Wildman–Crippen MR) is 52.0 cm³/mol. The van der Waals surface area contributed by atoms with Crippen molar-refractivity contribution in [3.63, 3.8) is 0 Å². The van der Waals surface area contributed by atoms with Crippen molar-refractivity contribution in [3.05, 3.63) is 23.4 Å². The van der Waals surface area contributed by atoms with Crippen molar-refractivity contribution in [2.45, 2.75) is 13.3 Å². The minimum Gasteiger partial charge on any atom is -0.465 e. The SMILES string of the molecule is COC(=O)C(C(C)=O)=C1C=NC=CC1. The molecule has 0 amide bonds. The molecule has 0 atom stereocenters. The molecule has 0 radical (unpaired) electrons. The molecule has 0 aromatic carbocycles. The van der Waals surface area contributed by atoms with Crippen LogP contribution in [0, 0.1) is 0 Å². The van der Waals surface area contributed by atoms with E-state index in [2.05, 4.69) is 9.73 Å². The van der Waals surface area contributed by atoms with Gasteiger partial charge in [0.05, 0.1) is 7.11 Å². The molecule has 14 heavy (non-hydrogen) atoms. The Morgan fingerprint density at radius 3 is 2.64 bits per heavy atom. The molecule has 0 saturated heterocycles. The maximum Gasteiger partial charge on any atom is 0.341 e. The van der Waals surface area contributed by atoms with E-state index in [0.29, 0.717) is 12.0 Å². The fraction of sp³-hybridized carbons (Fsp3) is 0.300. The summed E-state index contributed by atoms with van der Waals surface area (Å²) in [5.74, 6) is -0.900. The first-order chi connectivity index (χ1) is 6.66. The second-order valence-electron chi connectivity index (χ2n) is 2.82. The summed E-state index contributed by atoms with van der Waals surface area (Å²) in [5.41, 5.74) is 0.687. The standard InChI is InChI=1S/C10H11NO3/c1-7(12)9(10(13)14-2)8-4-3-5-11-6-8/h3,5-6H,4H2,1-2H3. The molecule has 0 aromatic heterocycles. The summed E-state index contributed by atoms with van der Waals surface area (Å²) < 4.78 is 4.52. The van der Waals surface area contributed by atoms with Gasteiger partial charge in [0.25, 0.3) is 0 Å². The number of esters is 1. The third-order valence-corrected chi connectivity index (χ3v) is 1.82. The van der Waals surface area contributed by atoms with Gasteiger partial charge in [-0.3, -0.25) is 9.79 Å². The van der Waals surface area contributed by atoms with Crippen LogP contribution in [0.2, 0.25) is 0 Å². The fourth-order valence-corrected chi connectivity index (χ4v) is 1.20. The van der Waals surface area contributed by atoms with E-state index >= 15 is 0 Å². The maximum atomic E-state index is 11.3. The normalized spacial score (nSPS) is 17.9. The summed E-state index contributed by atoms with van der Waals surface area (Å²) in [6, 6.07) is 0. The molecule has 0 fully saturated rings. The van der Waals surface area contributed by atoms with Gasteiger partial charge < -0.3 is 4.74 Å². The van der Waals surface area contributed by atoms with Crippen LogP contribution in [0.4, 0.5) is 0 Å². The monoisotopic (exact) mass is 193 g/mol. The van der Waals surface area contributed by atoms with E-state index in [4.69, 9.17) is 0 Å². The number of hydrogen-bond donors (Lipinski definition) is 0. The van der Waals surface area contributed by atoms with Crippen LogP contribution < -0.4 is 0 Å². The lowest BCUT2D eigenvalue weighted by Gasteiger charge is -2.07. The van der Waals surface area contributed by atoms with Crippen molar-refractivity contribution in [2.75, 3.05) is 7.11 Å². The van der Waals surface area contributed by atoms with Crippen molar-refractivity contribution in [1.82, 2.24) is 0 Å². The largest absolute Gasteiger partial charge is 0.465 e. The molecule has 0 aliphatic carbocycles. The molecule has 4 heteroatoms. The molecule has 1 rings (SSSR count). The van der Waals surface area contributed by atoms with Gasteiger partial charge in [-0.25, -0.2) is 4.79 Å². The van der Waals surface area contributed by atoms with Gasteiger partial charge in [0.15, 0.2) is 5.78 Å². The van der Waals surface area contributed by atoms with Crippen LogP contribution in [-0.2, 0) is 14.3 Å². The Balaban J connectivity index is 3.09. The van der Waals surface area contributed by atoms with Crippen molar-refractivity contribution in [2.24, 2.45) is 4.99 Å². The molecule has 0 unspecified atom stereocenters. The molecular weight excluding hydrogens is 182 g/mol. The van der Waals surface area contributed by atoms with Crippen molar-refractivity contribution >= 4 is 18.0 Å². The highest BCUT2D eigenvalue weighted by Gasteiger charge is 2.19. The maximum absolute atomic E-state index is 11.3. The third kappa shape index (κ3) is 2.16. The lowest BCUT2D eigenvalue weighted by molar-refractivity contribution is -0.137. The number of ether oxygens (including phenoxy) is 1. The fourth-order valence-electron chi connectivity index (χ4n) is 1.20. The summed E-state index contributed by atoms with van der Waals surface area (Å²) >= 11 is 0. The number of nitrogens with zero attached hydrogens (tertiary/aromatic N) is 1. The van der Waals surface area contributed by atoms with Crippen LogP contribution in [0.5, 0.6) is 0 Å². The first-order valence-electron chi connectivity index (χ1n) is 4.17. The number of carbonyl (C=O) groups excluding carboxylic acids is 2. The van der Waals surface area contributed by atoms with Gasteiger partial charge in [-0.15, -0.1) is 0 Å². The quantitative estimate of drug-likeness (QED) is 0.285. The van der Waals surface area contributed by atoms with Crippen LogP contribution in [0.3, 0.4) is 0 Å². The van der Waals surface area contributed by atoms with Crippen molar-refractivity contribution in [1.29, 1.82) is 0 Å². The van der Waals surface area contributed by atoms with Crippen molar-refractivity contribution in [3.8, 4) is 0 Å². The minimum atomic E-state index is -0.603. The lowest BCUT2D eigenvalue weighted by Crippen LogP contribution is -2.15. The number of allylic oxidation sites excluding steroid dienone is 2. The second-order valence-corrected chi connectivity index (χ2v) is 2.82. The topological polar surface area (TPSA) is 55.7 Å². The number of ketones is 1. The zero-order chi connectivity index (χ0) is 10.6. The smallest absolute Gasteiger partial charge is 0.341 e. The molecule has 74 valence electrons. The van der Waals surface area contributed by atoms with Crippen LogP contribution >= 0.6 is 0 Å². The number of aliphatic imine (C=N–C) groups is 1. The van der Waals surface area contributed by atoms with Crippen LogP contribution in [0.15, 0.2) is 28.4 Å².